The van der Waals surface area contributed by atoms with Crippen LogP contribution in [-0.2, 0) is 0 Å². The van der Waals surface area contributed by atoms with Gasteiger partial charge in [0.05, 0.1) is 0 Å². The van der Waals surface area contributed by atoms with Crippen molar-refractivity contribution in [3.05, 3.63) is 32.6 Å². The van der Waals surface area contributed by atoms with Gasteiger partial charge in [-0.05, 0) is 25.2 Å². The Bertz CT molecular complexity index is 550. The van der Waals surface area contributed by atoms with Gasteiger partial charge in [-0.1, -0.05) is 6.92 Å². The molecule has 0 aliphatic heterocycles. The fourth-order valence-corrected chi connectivity index (χ4v) is 2.27. The number of nitrogens with zero attached hydrogens (tertiary/aromatic N) is 2. The van der Waals surface area contributed by atoms with Crippen molar-refractivity contribution in [1.82, 2.24) is 9.55 Å². The number of aromatic amines is 1. The molecule has 0 radical (unpaired) electrons. The van der Waals surface area contributed by atoms with E-state index in [9.17, 15) is 9.59 Å². The molecule has 0 amide bonds. The highest BCUT2D eigenvalue weighted by Crippen LogP contribution is 2.32. The number of rotatable bonds is 1. The quantitative estimate of drug-likeness (QED) is 0.757. The zero-order chi connectivity index (χ0) is 11.7. The van der Waals surface area contributed by atoms with Gasteiger partial charge in [0, 0.05) is 12.2 Å². The number of hydrogen-bond acceptors (Lipinski definition) is 3. The molecule has 1 saturated carbocycles. The Balaban J connectivity index is 2.46. The molecule has 0 bridgehead atoms. The van der Waals surface area contributed by atoms with Crippen LogP contribution in [0.25, 0.3) is 0 Å². The molecule has 1 fully saturated rings. The van der Waals surface area contributed by atoms with Crippen molar-refractivity contribution in [2.24, 2.45) is 5.92 Å². The van der Waals surface area contributed by atoms with Crippen molar-refractivity contribution in [3.63, 3.8) is 0 Å². The van der Waals surface area contributed by atoms with E-state index in [2.05, 4.69) is 11.9 Å². The van der Waals surface area contributed by atoms with Gasteiger partial charge in [-0.3, -0.25) is 14.3 Å². The minimum absolute atomic E-state index is 0.000784. The topological polar surface area (TPSA) is 78.7 Å². The largest absolute Gasteiger partial charge is 0.328 e. The van der Waals surface area contributed by atoms with Crippen LogP contribution >= 0.6 is 0 Å². The normalized spacial score (nSPS) is 24.2. The lowest BCUT2D eigenvalue weighted by atomic mass is 10.1. The van der Waals surface area contributed by atoms with Crippen LogP contribution in [0, 0.1) is 17.2 Å². The fraction of sp³-hybridized carbons (Fsp3) is 0.545. The highest BCUT2D eigenvalue weighted by atomic mass is 16.2. The summed E-state index contributed by atoms with van der Waals surface area (Å²) in [5, 5.41) is 8.74. The lowest BCUT2D eigenvalue weighted by Crippen LogP contribution is -2.32. The van der Waals surface area contributed by atoms with E-state index in [0.717, 1.165) is 19.3 Å². The third-order valence-corrected chi connectivity index (χ3v) is 3.15. The van der Waals surface area contributed by atoms with Gasteiger partial charge in [0.25, 0.3) is 5.56 Å². The highest BCUT2D eigenvalue weighted by Gasteiger charge is 2.24. The SMILES string of the molecule is CC1CCC(n2cc(C#N)c(=O)[nH]c2=O)C1. The maximum absolute atomic E-state index is 11.6. The van der Waals surface area contributed by atoms with Crippen molar-refractivity contribution >= 4 is 0 Å². The molecule has 0 aromatic carbocycles. The molecule has 2 rings (SSSR count). The van der Waals surface area contributed by atoms with Gasteiger partial charge in [0.1, 0.15) is 11.6 Å². The highest BCUT2D eigenvalue weighted by molar-refractivity contribution is 5.22. The maximum Gasteiger partial charge on any atom is 0.328 e. The van der Waals surface area contributed by atoms with Crippen LogP contribution in [-0.4, -0.2) is 9.55 Å². The van der Waals surface area contributed by atoms with E-state index in [1.165, 1.54) is 10.8 Å². The lowest BCUT2D eigenvalue weighted by Gasteiger charge is -2.12. The number of hydrogen-bond donors (Lipinski definition) is 1. The van der Waals surface area contributed by atoms with Crippen molar-refractivity contribution in [1.29, 1.82) is 5.26 Å². The first kappa shape index (κ1) is 10.7. The molecule has 1 aliphatic carbocycles. The standard InChI is InChI=1S/C11H13N3O2/c1-7-2-3-9(4-7)14-6-8(5-12)10(15)13-11(14)16/h6-7,9H,2-4H2,1H3,(H,13,15,16). The summed E-state index contributed by atoms with van der Waals surface area (Å²) in [5.41, 5.74) is -1.02. The van der Waals surface area contributed by atoms with E-state index in [1.54, 1.807) is 6.07 Å². The third kappa shape index (κ3) is 1.78. The van der Waals surface area contributed by atoms with Crippen LogP contribution in [0.15, 0.2) is 15.8 Å². The minimum Gasteiger partial charge on any atom is -0.296 e. The molecule has 5 heteroatoms. The van der Waals surface area contributed by atoms with Gasteiger partial charge in [0.2, 0.25) is 0 Å². The number of nitrogens with one attached hydrogen (secondary N) is 1. The zero-order valence-electron chi connectivity index (χ0n) is 9.06. The van der Waals surface area contributed by atoms with Gasteiger partial charge in [-0.15, -0.1) is 0 Å². The predicted molar refractivity (Wildman–Crippen MR) is 58.1 cm³/mol. The average Bonchev–Trinajstić information content (AvgIpc) is 2.65. The smallest absolute Gasteiger partial charge is 0.296 e. The molecule has 1 aromatic rings. The van der Waals surface area contributed by atoms with E-state index in [1.807, 2.05) is 0 Å². The Labute approximate surface area is 92.3 Å². The fourth-order valence-electron chi connectivity index (χ4n) is 2.27. The monoisotopic (exact) mass is 219 g/mol. The summed E-state index contributed by atoms with van der Waals surface area (Å²) in [6, 6.07) is 1.91. The Morgan fingerprint density at radius 3 is 2.81 bits per heavy atom. The summed E-state index contributed by atoms with van der Waals surface area (Å²) >= 11 is 0. The summed E-state index contributed by atoms with van der Waals surface area (Å²) in [6.07, 6.45) is 4.32. The summed E-state index contributed by atoms with van der Waals surface area (Å²) < 4.78 is 1.49. The Kier molecular flexibility index (Phi) is 2.65. The van der Waals surface area contributed by atoms with Crippen molar-refractivity contribution in [2.75, 3.05) is 0 Å². The Morgan fingerprint density at radius 1 is 1.50 bits per heavy atom. The number of nitriles is 1. The predicted octanol–water partition coefficient (Wildman–Crippen LogP) is 0.769. The van der Waals surface area contributed by atoms with E-state index in [0.29, 0.717) is 5.92 Å². The van der Waals surface area contributed by atoms with Crippen LogP contribution in [0.5, 0.6) is 0 Å². The summed E-state index contributed by atoms with van der Waals surface area (Å²) in [4.78, 5) is 25.0. The minimum atomic E-state index is -0.602. The molecule has 2 unspecified atom stereocenters. The summed E-state index contributed by atoms with van der Waals surface area (Å²) in [5.74, 6) is 0.592. The molecule has 0 saturated heterocycles. The molecular weight excluding hydrogens is 206 g/mol. The van der Waals surface area contributed by atoms with Gasteiger partial charge in [-0.2, -0.15) is 5.26 Å². The van der Waals surface area contributed by atoms with Crippen molar-refractivity contribution in [2.45, 2.75) is 32.2 Å². The molecule has 1 aromatic heterocycles. The second-order valence-corrected chi connectivity index (χ2v) is 4.39. The Morgan fingerprint density at radius 2 is 2.25 bits per heavy atom. The van der Waals surface area contributed by atoms with Crippen molar-refractivity contribution < 1.29 is 0 Å². The molecule has 16 heavy (non-hydrogen) atoms. The van der Waals surface area contributed by atoms with E-state index in [4.69, 9.17) is 5.26 Å². The molecule has 0 spiro atoms. The molecule has 84 valence electrons. The second-order valence-electron chi connectivity index (χ2n) is 4.39. The number of H-pyrrole nitrogens is 1. The van der Waals surface area contributed by atoms with Crippen LogP contribution in [0.4, 0.5) is 0 Å². The average molecular weight is 219 g/mol. The van der Waals surface area contributed by atoms with E-state index >= 15 is 0 Å². The maximum atomic E-state index is 11.6. The number of aromatic nitrogens is 2. The van der Waals surface area contributed by atoms with E-state index < -0.39 is 11.2 Å². The first-order chi connectivity index (χ1) is 7.61. The van der Waals surface area contributed by atoms with Gasteiger partial charge in [0.15, 0.2) is 0 Å². The molecular formula is C11H13N3O2. The zero-order valence-corrected chi connectivity index (χ0v) is 9.06. The van der Waals surface area contributed by atoms with Crippen LogP contribution in [0.2, 0.25) is 0 Å². The van der Waals surface area contributed by atoms with Crippen molar-refractivity contribution in [3.8, 4) is 6.07 Å². The Hall–Kier alpha value is -1.83. The second kappa shape index (κ2) is 3.97. The van der Waals surface area contributed by atoms with Gasteiger partial charge >= 0.3 is 5.69 Å². The molecule has 1 aliphatic rings. The lowest BCUT2D eigenvalue weighted by molar-refractivity contribution is 0.470. The third-order valence-electron chi connectivity index (χ3n) is 3.15. The van der Waals surface area contributed by atoms with Crippen LogP contribution in [0.1, 0.15) is 37.8 Å². The summed E-state index contributed by atoms with van der Waals surface area (Å²) in [6.45, 7) is 2.14. The molecule has 1 heterocycles. The molecule has 2 atom stereocenters. The van der Waals surface area contributed by atoms with Crippen LogP contribution < -0.4 is 11.2 Å². The van der Waals surface area contributed by atoms with Gasteiger partial charge in [-0.25, -0.2) is 4.79 Å². The van der Waals surface area contributed by atoms with Gasteiger partial charge < -0.3 is 0 Å². The molecule has 1 N–H and O–H groups in total. The summed E-state index contributed by atoms with van der Waals surface area (Å²) in [7, 11) is 0. The first-order valence-electron chi connectivity index (χ1n) is 5.37. The van der Waals surface area contributed by atoms with E-state index in [-0.39, 0.29) is 11.6 Å². The van der Waals surface area contributed by atoms with Crippen LogP contribution in [0.3, 0.4) is 0 Å². The first-order valence-corrected chi connectivity index (χ1v) is 5.37. The molecule has 5 nitrogen and oxygen atoms in total.